The molecule has 0 amide bonds. The lowest BCUT2D eigenvalue weighted by Crippen LogP contribution is -1.87. The number of hydrogen-bond donors (Lipinski definition) is 0. The first-order valence-electron chi connectivity index (χ1n) is 4.93. The number of rotatable bonds is 4. The standard InChI is InChI=1S/C5H3ClN2O2.C5H11Cl/c6-5-2-1-4(3-7-5)8(9)10;1-2-3-4-5-6/h1-3H;2-5H2,1H3. The zero-order valence-electron chi connectivity index (χ0n) is 9.03. The Balaban J connectivity index is 0.000000325. The SMILES string of the molecule is CCCCCCl.O=[N+]([O-])c1ccc(Cl)nc1. The second-order valence-corrected chi connectivity index (χ2v) is 3.76. The van der Waals surface area contributed by atoms with Crippen LogP contribution in [0.15, 0.2) is 18.3 Å². The summed E-state index contributed by atoms with van der Waals surface area (Å²) in [5.74, 6) is 0.827. The third-order valence-corrected chi connectivity index (χ3v) is 2.15. The summed E-state index contributed by atoms with van der Waals surface area (Å²) >= 11 is 10.8. The van der Waals surface area contributed by atoms with E-state index < -0.39 is 4.92 Å². The Morgan fingerprint density at radius 2 is 2.12 bits per heavy atom. The number of hydrogen-bond acceptors (Lipinski definition) is 3. The first-order chi connectivity index (χ1) is 7.61. The van der Waals surface area contributed by atoms with Gasteiger partial charge in [0.15, 0.2) is 0 Å². The van der Waals surface area contributed by atoms with Crippen LogP contribution in [0.4, 0.5) is 5.69 Å². The lowest BCUT2D eigenvalue weighted by molar-refractivity contribution is -0.385. The average molecular weight is 265 g/mol. The third kappa shape index (κ3) is 7.43. The van der Waals surface area contributed by atoms with Gasteiger partial charge in [-0.1, -0.05) is 31.4 Å². The summed E-state index contributed by atoms with van der Waals surface area (Å²) in [6.45, 7) is 2.17. The van der Waals surface area contributed by atoms with E-state index in [1.165, 1.54) is 31.4 Å². The number of aromatic nitrogens is 1. The van der Waals surface area contributed by atoms with E-state index in [2.05, 4.69) is 11.9 Å². The van der Waals surface area contributed by atoms with Gasteiger partial charge in [0.25, 0.3) is 5.69 Å². The van der Waals surface area contributed by atoms with Gasteiger partial charge in [0.2, 0.25) is 0 Å². The molecule has 0 N–H and O–H groups in total. The Labute approximate surface area is 105 Å². The van der Waals surface area contributed by atoms with Gasteiger partial charge < -0.3 is 0 Å². The van der Waals surface area contributed by atoms with Gasteiger partial charge in [-0.15, -0.1) is 11.6 Å². The second kappa shape index (κ2) is 9.36. The minimum absolute atomic E-state index is 0.0515. The molecule has 0 radical (unpaired) electrons. The Morgan fingerprint density at radius 1 is 1.44 bits per heavy atom. The van der Waals surface area contributed by atoms with Crippen molar-refractivity contribution >= 4 is 28.9 Å². The monoisotopic (exact) mass is 264 g/mol. The van der Waals surface area contributed by atoms with Crippen LogP contribution in [0.25, 0.3) is 0 Å². The zero-order chi connectivity index (χ0) is 12.4. The zero-order valence-corrected chi connectivity index (χ0v) is 10.5. The first-order valence-corrected chi connectivity index (χ1v) is 5.85. The van der Waals surface area contributed by atoms with Crippen molar-refractivity contribution in [2.45, 2.75) is 26.2 Å². The molecule has 90 valence electrons. The molecule has 0 aliphatic rings. The molecule has 1 rings (SSSR count). The molecule has 4 nitrogen and oxygen atoms in total. The van der Waals surface area contributed by atoms with Gasteiger partial charge in [0, 0.05) is 11.9 Å². The smallest absolute Gasteiger partial charge is 0.258 e. The molecule has 0 aromatic carbocycles. The van der Waals surface area contributed by atoms with Crippen molar-refractivity contribution in [3.8, 4) is 0 Å². The highest BCUT2D eigenvalue weighted by Crippen LogP contribution is 2.11. The van der Waals surface area contributed by atoms with Crippen LogP contribution in [0.5, 0.6) is 0 Å². The van der Waals surface area contributed by atoms with E-state index in [1.807, 2.05) is 0 Å². The van der Waals surface area contributed by atoms with E-state index in [0.29, 0.717) is 0 Å². The van der Waals surface area contributed by atoms with Crippen molar-refractivity contribution in [1.29, 1.82) is 0 Å². The Bertz CT molecular complexity index is 300. The lowest BCUT2D eigenvalue weighted by atomic mass is 10.3. The van der Waals surface area contributed by atoms with Gasteiger partial charge in [-0.05, 0) is 12.5 Å². The molecule has 0 unspecified atom stereocenters. The summed E-state index contributed by atoms with van der Waals surface area (Å²) in [7, 11) is 0. The topological polar surface area (TPSA) is 56.0 Å². The van der Waals surface area contributed by atoms with Gasteiger partial charge in [-0.25, -0.2) is 4.98 Å². The highest BCUT2D eigenvalue weighted by atomic mass is 35.5. The van der Waals surface area contributed by atoms with Crippen LogP contribution in [-0.4, -0.2) is 15.8 Å². The van der Waals surface area contributed by atoms with Crippen LogP contribution < -0.4 is 0 Å². The summed E-state index contributed by atoms with van der Waals surface area (Å²) in [6.07, 6.45) is 4.84. The molecule has 0 atom stereocenters. The Hall–Kier alpha value is -0.870. The molecule has 0 saturated heterocycles. The minimum atomic E-state index is -0.524. The van der Waals surface area contributed by atoms with Gasteiger partial charge in [-0.3, -0.25) is 10.1 Å². The number of unbranched alkanes of at least 4 members (excludes halogenated alkanes) is 2. The second-order valence-electron chi connectivity index (χ2n) is 2.99. The van der Waals surface area contributed by atoms with E-state index in [1.54, 1.807) is 0 Å². The summed E-state index contributed by atoms with van der Waals surface area (Å²) in [5, 5.41) is 10.3. The molecule has 16 heavy (non-hydrogen) atoms. The molecule has 1 aromatic rings. The van der Waals surface area contributed by atoms with Gasteiger partial charge in [0.1, 0.15) is 11.3 Å². The molecule has 0 bridgehead atoms. The minimum Gasteiger partial charge on any atom is -0.258 e. The largest absolute Gasteiger partial charge is 0.287 e. The summed E-state index contributed by atoms with van der Waals surface area (Å²) in [5.41, 5.74) is -0.0515. The van der Waals surface area contributed by atoms with Crippen LogP contribution in [0, 0.1) is 10.1 Å². The number of nitro groups is 1. The van der Waals surface area contributed by atoms with Crippen LogP contribution in [-0.2, 0) is 0 Å². The molecular weight excluding hydrogens is 251 g/mol. The molecule has 0 aliphatic carbocycles. The predicted molar refractivity (Wildman–Crippen MR) is 66.1 cm³/mol. The van der Waals surface area contributed by atoms with E-state index in [9.17, 15) is 10.1 Å². The van der Waals surface area contributed by atoms with E-state index in [0.717, 1.165) is 12.1 Å². The lowest BCUT2D eigenvalue weighted by Gasteiger charge is -1.88. The first kappa shape index (κ1) is 15.1. The highest BCUT2D eigenvalue weighted by molar-refractivity contribution is 6.29. The molecule has 1 heterocycles. The fraction of sp³-hybridized carbons (Fsp3) is 0.500. The van der Waals surface area contributed by atoms with Crippen LogP contribution >= 0.6 is 23.2 Å². The maximum absolute atomic E-state index is 10.0. The molecule has 0 spiro atoms. The van der Waals surface area contributed by atoms with E-state index >= 15 is 0 Å². The normalized spacial score (nSPS) is 9.19. The van der Waals surface area contributed by atoms with Crippen molar-refractivity contribution in [2.24, 2.45) is 0 Å². The molecule has 0 aliphatic heterocycles. The number of pyridine rings is 1. The maximum atomic E-state index is 10.0. The number of halogens is 2. The Kier molecular flexibility index (Phi) is 8.85. The molecule has 1 aromatic heterocycles. The van der Waals surface area contributed by atoms with Crippen molar-refractivity contribution in [3.63, 3.8) is 0 Å². The van der Waals surface area contributed by atoms with Crippen molar-refractivity contribution in [2.75, 3.05) is 5.88 Å². The maximum Gasteiger partial charge on any atom is 0.287 e. The average Bonchev–Trinajstić information content (AvgIpc) is 2.28. The van der Waals surface area contributed by atoms with Crippen LogP contribution in [0.2, 0.25) is 5.15 Å². The summed E-state index contributed by atoms with van der Waals surface area (Å²) in [4.78, 5) is 13.0. The summed E-state index contributed by atoms with van der Waals surface area (Å²) < 4.78 is 0. The Morgan fingerprint density at radius 3 is 2.44 bits per heavy atom. The van der Waals surface area contributed by atoms with Crippen LogP contribution in [0.3, 0.4) is 0 Å². The summed E-state index contributed by atoms with van der Waals surface area (Å²) in [6, 6.07) is 2.68. The predicted octanol–water partition coefficient (Wildman–Crippen LogP) is 4.06. The molecule has 0 saturated carbocycles. The van der Waals surface area contributed by atoms with E-state index in [4.69, 9.17) is 23.2 Å². The highest BCUT2D eigenvalue weighted by Gasteiger charge is 2.02. The number of nitrogens with zero attached hydrogens (tertiary/aromatic N) is 2. The third-order valence-electron chi connectivity index (χ3n) is 1.66. The fourth-order valence-corrected chi connectivity index (χ4v) is 1.12. The molecule has 0 fully saturated rings. The van der Waals surface area contributed by atoms with Gasteiger partial charge in [0.05, 0.1) is 4.92 Å². The van der Waals surface area contributed by atoms with Gasteiger partial charge >= 0.3 is 0 Å². The quantitative estimate of drug-likeness (QED) is 0.271. The molecular formula is C10H14Cl2N2O2. The van der Waals surface area contributed by atoms with Gasteiger partial charge in [-0.2, -0.15) is 0 Å². The van der Waals surface area contributed by atoms with E-state index in [-0.39, 0.29) is 10.8 Å². The van der Waals surface area contributed by atoms with Crippen LogP contribution in [0.1, 0.15) is 26.2 Å². The molecule has 6 heteroatoms. The fourth-order valence-electron chi connectivity index (χ4n) is 0.821. The number of alkyl halides is 1. The van der Waals surface area contributed by atoms with Crippen molar-refractivity contribution < 1.29 is 4.92 Å². The van der Waals surface area contributed by atoms with Crippen molar-refractivity contribution in [1.82, 2.24) is 4.98 Å². The van der Waals surface area contributed by atoms with Crippen molar-refractivity contribution in [3.05, 3.63) is 33.6 Å².